The zero-order valence-corrected chi connectivity index (χ0v) is 39.0. The molecule has 6 aromatic rings. The summed E-state index contributed by atoms with van der Waals surface area (Å²) in [7, 11) is 3.28. The average Bonchev–Trinajstić information content (AvgIpc) is 4.02. The van der Waals surface area contributed by atoms with Crippen molar-refractivity contribution in [1.82, 2.24) is 40.8 Å². The van der Waals surface area contributed by atoms with Crippen LogP contribution in [0.3, 0.4) is 0 Å². The van der Waals surface area contributed by atoms with Gasteiger partial charge < -0.3 is 38.7 Å². The van der Waals surface area contributed by atoms with Crippen molar-refractivity contribution in [2.45, 2.75) is 51.0 Å². The predicted octanol–water partition coefficient (Wildman–Crippen LogP) is 3.74. The lowest BCUT2D eigenvalue weighted by molar-refractivity contribution is -0.122. The number of benzene rings is 4. The number of nitrogens with zero attached hydrogens (tertiary/aromatic N) is 8. The molecule has 0 aliphatic carbocycles. The van der Waals surface area contributed by atoms with E-state index in [1.54, 1.807) is 40.1 Å². The van der Waals surface area contributed by atoms with Crippen molar-refractivity contribution in [2.24, 2.45) is 0 Å². The number of amides is 4. The molecule has 5 heterocycles. The van der Waals surface area contributed by atoms with Gasteiger partial charge in [-0.2, -0.15) is 0 Å². The van der Waals surface area contributed by atoms with E-state index in [1.807, 2.05) is 84.9 Å². The molecule has 0 spiro atoms. The minimum atomic E-state index is -1.02. The number of likely N-dealkylation sites (N-methyl/N-ethyl adjacent to an activating group) is 2. The van der Waals surface area contributed by atoms with Gasteiger partial charge in [0.15, 0.2) is 0 Å². The number of hydrogen-bond donors (Lipinski definition) is 2. The van der Waals surface area contributed by atoms with E-state index in [1.165, 1.54) is 9.80 Å². The number of hydrogen-bond acceptors (Lipinski definition) is 14. The van der Waals surface area contributed by atoms with Crippen LogP contribution in [0.1, 0.15) is 69.3 Å². The summed E-state index contributed by atoms with van der Waals surface area (Å²) < 4.78 is 23.6. The number of rotatable bonds is 10. The van der Waals surface area contributed by atoms with Crippen LogP contribution < -0.4 is 29.9 Å². The van der Waals surface area contributed by atoms with Crippen LogP contribution in [0.4, 0.5) is 11.4 Å². The predicted molar refractivity (Wildman–Crippen MR) is 256 cm³/mol. The summed E-state index contributed by atoms with van der Waals surface area (Å²) in [6.07, 6.45) is -0.648. The van der Waals surface area contributed by atoms with Crippen molar-refractivity contribution >= 4 is 35.0 Å². The molecule has 2 aromatic heterocycles. The quantitative estimate of drug-likeness (QED) is 0.188. The van der Waals surface area contributed by atoms with E-state index in [-0.39, 0.29) is 35.4 Å². The van der Waals surface area contributed by atoms with E-state index in [9.17, 15) is 19.2 Å². The highest BCUT2D eigenvalue weighted by Gasteiger charge is 2.38. The molecule has 70 heavy (non-hydrogen) atoms. The van der Waals surface area contributed by atoms with Gasteiger partial charge in [0.25, 0.3) is 11.8 Å². The van der Waals surface area contributed by atoms with E-state index >= 15 is 0 Å². The number of carbonyl (C=O) groups is 4. The third-order valence-electron chi connectivity index (χ3n) is 12.2. The molecule has 3 aliphatic heterocycles. The maximum absolute atomic E-state index is 13.7. The van der Waals surface area contributed by atoms with Crippen LogP contribution in [-0.4, -0.2) is 131 Å². The number of carbonyl (C=O) groups excluding carboxylic acids is 4. The lowest BCUT2D eigenvalue weighted by Gasteiger charge is -2.32. The lowest BCUT2D eigenvalue weighted by Crippen LogP contribution is -2.53. The number of ether oxygens (including phenoxy) is 2. The molecule has 9 rings (SSSR count). The molecule has 4 atom stereocenters. The first-order chi connectivity index (χ1) is 33.9. The monoisotopic (exact) mass is 942 g/mol. The average molecular weight is 943 g/mol. The van der Waals surface area contributed by atoms with E-state index in [4.69, 9.17) is 18.3 Å². The molecule has 0 radical (unpaired) electrons. The Labute approximate surface area is 404 Å². The Morgan fingerprint density at radius 2 is 0.986 bits per heavy atom. The lowest BCUT2D eigenvalue weighted by atomic mass is 10.1. The van der Waals surface area contributed by atoms with Crippen molar-refractivity contribution in [3.05, 3.63) is 143 Å². The topological polar surface area (TPSA) is 202 Å². The molecule has 356 valence electrons. The largest absolute Gasteiger partial charge is 0.486 e. The summed E-state index contributed by atoms with van der Waals surface area (Å²) in [6, 6.07) is 28.0. The Morgan fingerprint density at radius 3 is 1.39 bits per heavy atom. The zero-order valence-electron chi connectivity index (χ0n) is 39.0. The van der Waals surface area contributed by atoms with Gasteiger partial charge in [-0.25, -0.2) is 0 Å². The molecule has 4 amide bonds. The van der Waals surface area contributed by atoms with Gasteiger partial charge in [-0.3, -0.25) is 29.0 Å². The van der Waals surface area contributed by atoms with Gasteiger partial charge in [0.2, 0.25) is 11.8 Å². The first-order valence-corrected chi connectivity index (χ1v) is 22.9. The fraction of sp³-hybridized carbons (Fsp3) is 0.308. The Hall–Kier alpha value is -8.32. The van der Waals surface area contributed by atoms with Crippen molar-refractivity contribution in [3.8, 4) is 35.2 Å². The summed E-state index contributed by atoms with van der Waals surface area (Å²) in [4.78, 5) is 61.2. The van der Waals surface area contributed by atoms with E-state index < -0.39 is 36.1 Å². The zero-order chi connectivity index (χ0) is 48.7. The summed E-state index contributed by atoms with van der Waals surface area (Å²) in [5.41, 5.74) is 4.44. The first kappa shape index (κ1) is 46.8. The van der Waals surface area contributed by atoms with Crippen molar-refractivity contribution < 1.29 is 37.5 Å². The van der Waals surface area contributed by atoms with Gasteiger partial charge in [-0.05, 0) is 61.4 Å². The van der Waals surface area contributed by atoms with Gasteiger partial charge in [-0.1, -0.05) is 84.3 Å². The molecule has 3 aliphatic rings. The maximum Gasteiger partial charge on any atom is 0.309 e. The standard InChI is InChI=1S/C52H50N10O8/c1-33-45(53-47(63)49-57-55-43(69-49)31-35-13-7-5-8-14-35)51(65)59(3)39-29-37(19-21-41(39)67-33)17-11-23-61-25-27-62(28-26-61)24-12-18-38-20-22-42-40(30-38)60(4)52(66)46(34(2)68-42)54-48(64)50-58-56-44(70-50)32-36-15-9-6-10-16-36/h5-10,13-16,19-22,29-30,33-34,45-46H,23-28,31-32H2,1-4H3,(H,53,63)(H,54,64)/t33-,34-,45+,46+/m1/s1. The van der Waals surface area contributed by atoms with Crippen molar-refractivity contribution in [3.63, 3.8) is 0 Å². The van der Waals surface area contributed by atoms with Gasteiger partial charge in [0.05, 0.1) is 37.3 Å². The van der Waals surface area contributed by atoms with Crippen LogP contribution in [0.2, 0.25) is 0 Å². The first-order valence-electron chi connectivity index (χ1n) is 22.9. The van der Waals surface area contributed by atoms with E-state index in [0.717, 1.165) is 48.4 Å². The Kier molecular flexibility index (Phi) is 14.0. The third kappa shape index (κ3) is 10.8. The Balaban J connectivity index is 0.739. The highest BCUT2D eigenvalue weighted by molar-refractivity contribution is 6.03. The summed E-state index contributed by atoms with van der Waals surface area (Å²) >= 11 is 0. The van der Waals surface area contributed by atoms with Gasteiger partial charge in [0.1, 0.15) is 35.8 Å². The number of fused-ring (bicyclic) bond motifs is 2. The van der Waals surface area contributed by atoms with E-state index in [2.05, 4.69) is 64.5 Å². The molecular weight excluding hydrogens is 893 g/mol. The molecule has 2 N–H and O–H groups in total. The Bertz CT molecular complexity index is 2820. The van der Waals surface area contributed by atoms with Gasteiger partial charge in [-0.15, -0.1) is 20.4 Å². The maximum atomic E-state index is 13.7. The van der Waals surface area contributed by atoms with Crippen molar-refractivity contribution in [1.29, 1.82) is 0 Å². The minimum absolute atomic E-state index is 0.238. The highest BCUT2D eigenvalue weighted by Crippen LogP contribution is 2.35. The van der Waals surface area contributed by atoms with Gasteiger partial charge in [0, 0.05) is 51.4 Å². The van der Waals surface area contributed by atoms with Crippen LogP contribution in [0.25, 0.3) is 0 Å². The number of nitrogens with one attached hydrogen (secondary N) is 2. The fourth-order valence-corrected chi connectivity index (χ4v) is 8.26. The van der Waals surface area contributed by atoms with Crippen LogP contribution in [0.15, 0.2) is 106 Å². The third-order valence-corrected chi connectivity index (χ3v) is 12.2. The second-order valence-corrected chi connectivity index (χ2v) is 17.2. The van der Waals surface area contributed by atoms with Crippen LogP contribution in [0.5, 0.6) is 11.5 Å². The van der Waals surface area contributed by atoms with Crippen LogP contribution >= 0.6 is 0 Å². The molecule has 0 unspecified atom stereocenters. The number of anilines is 2. The van der Waals surface area contributed by atoms with Crippen molar-refractivity contribution in [2.75, 3.05) is 63.2 Å². The molecule has 0 saturated carbocycles. The molecule has 18 heteroatoms. The molecule has 1 saturated heterocycles. The molecule has 1 fully saturated rings. The Morgan fingerprint density at radius 1 is 0.586 bits per heavy atom. The minimum Gasteiger partial charge on any atom is -0.486 e. The number of aromatic nitrogens is 4. The second-order valence-electron chi connectivity index (χ2n) is 17.2. The number of piperazine rings is 1. The van der Waals surface area contributed by atoms with E-state index in [0.29, 0.717) is 48.8 Å². The summed E-state index contributed by atoms with van der Waals surface area (Å²) in [6.45, 7) is 7.83. The van der Waals surface area contributed by atoms with Crippen LogP contribution in [0, 0.1) is 23.7 Å². The fourth-order valence-electron chi connectivity index (χ4n) is 8.26. The highest BCUT2D eigenvalue weighted by atomic mass is 16.5. The SMILES string of the molecule is C[C@H]1Oc2ccc(C#CCN3CCN(CC#Cc4ccc5c(c4)N(C)C(=O)[C@@H](NC(=O)c4nnc(Cc6ccccc6)o4)[C@@H](C)O5)CC3)cc2N(C)C(=O)[C@H]1NC(=O)c1nnc(Cc2ccccc2)o1. The summed E-state index contributed by atoms with van der Waals surface area (Å²) in [5, 5.41) is 21.3. The normalized spacial score (nSPS) is 19.1. The summed E-state index contributed by atoms with van der Waals surface area (Å²) in [5.74, 6) is 12.1. The molecule has 0 bridgehead atoms. The molecule has 18 nitrogen and oxygen atoms in total. The molecule has 4 aromatic carbocycles. The smallest absolute Gasteiger partial charge is 0.309 e. The second kappa shape index (κ2) is 20.9. The van der Waals surface area contributed by atoms with Gasteiger partial charge >= 0.3 is 23.6 Å². The molecular formula is C52H50N10O8. The van der Waals surface area contributed by atoms with Crippen LogP contribution in [-0.2, 0) is 22.4 Å².